The number of nitrogens with zero attached hydrogens (tertiary/aromatic N) is 2. The third-order valence-corrected chi connectivity index (χ3v) is 5.13. The second-order valence-electron chi connectivity index (χ2n) is 7.23. The number of ketones is 1. The van der Waals surface area contributed by atoms with E-state index in [2.05, 4.69) is 0 Å². The highest BCUT2D eigenvalue weighted by Crippen LogP contribution is 2.40. The first-order valence-corrected chi connectivity index (χ1v) is 9.49. The second kappa shape index (κ2) is 7.91. The lowest BCUT2D eigenvalue weighted by molar-refractivity contribution is -0.384. The molecule has 1 aliphatic heterocycles. The van der Waals surface area contributed by atoms with Gasteiger partial charge in [0.15, 0.2) is 0 Å². The lowest BCUT2D eigenvalue weighted by atomic mass is 9.94. The van der Waals surface area contributed by atoms with Gasteiger partial charge in [0.1, 0.15) is 11.5 Å². The number of carbonyl (C=O) groups excluding carboxylic acids is 2. The van der Waals surface area contributed by atoms with E-state index in [1.54, 1.807) is 24.3 Å². The summed E-state index contributed by atoms with van der Waals surface area (Å²) in [5, 5.41) is 22.1. The number of furan rings is 1. The summed E-state index contributed by atoms with van der Waals surface area (Å²) in [6.45, 7) is 1.91. The average Bonchev–Trinajstić information content (AvgIpc) is 3.36. The van der Waals surface area contributed by atoms with Crippen molar-refractivity contribution in [1.29, 1.82) is 0 Å². The number of likely N-dealkylation sites (tertiary alicyclic amines) is 1. The lowest BCUT2D eigenvalue weighted by Crippen LogP contribution is -2.29. The molecule has 8 heteroatoms. The van der Waals surface area contributed by atoms with Crippen LogP contribution in [0.25, 0.3) is 5.76 Å². The Balaban J connectivity index is 1.89. The van der Waals surface area contributed by atoms with Crippen molar-refractivity contribution in [1.82, 2.24) is 4.90 Å². The topological polar surface area (TPSA) is 114 Å². The molecule has 4 rings (SSSR count). The van der Waals surface area contributed by atoms with Gasteiger partial charge in [-0.25, -0.2) is 0 Å². The van der Waals surface area contributed by atoms with Crippen LogP contribution in [0.1, 0.15) is 28.5 Å². The number of hydrogen-bond donors (Lipinski definition) is 1. The number of carbonyl (C=O) groups is 2. The lowest BCUT2D eigenvalue weighted by Gasteiger charge is -2.24. The number of Topliss-reactive ketones (excluding diaryl/α,β-unsaturated/α-hetero) is 1. The van der Waals surface area contributed by atoms with Gasteiger partial charge >= 0.3 is 0 Å². The number of benzene rings is 2. The van der Waals surface area contributed by atoms with Crippen molar-refractivity contribution in [3.05, 3.63) is 105 Å². The molecule has 3 aromatic rings. The first-order valence-electron chi connectivity index (χ1n) is 9.49. The van der Waals surface area contributed by atoms with Crippen LogP contribution in [-0.4, -0.2) is 26.6 Å². The molecule has 8 nitrogen and oxygen atoms in total. The zero-order valence-electron chi connectivity index (χ0n) is 16.5. The Morgan fingerprint density at radius 2 is 1.90 bits per heavy atom. The van der Waals surface area contributed by atoms with Gasteiger partial charge in [-0.2, -0.15) is 0 Å². The molecule has 31 heavy (non-hydrogen) atoms. The number of nitro benzene ring substituents is 1. The molecule has 1 unspecified atom stereocenters. The molecule has 1 fully saturated rings. The molecule has 1 atom stereocenters. The van der Waals surface area contributed by atoms with Crippen LogP contribution < -0.4 is 0 Å². The van der Waals surface area contributed by atoms with Crippen LogP contribution in [-0.2, 0) is 16.1 Å². The van der Waals surface area contributed by atoms with Crippen LogP contribution in [0.15, 0.2) is 76.9 Å². The van der Waals surface area contributed by atoms with Gasteiger partial charge in [0.25, 0.3) is 17.4 Å². The van der Waals surface area contributed by atoms with Gasteiger partial charge in [-0.3, -0.25) is 19.7 Å². The highest BCUT2D eigenvalue weighted by Gasteiger charge is 2.46. The predicted octanol–water partition coefficient (Wildman–Crippen LogP) is 4.12. The molecule has 2 aromatic carbocycles. The van der Waals surface area contributed by atoms with Gasteiger partial charge in [0.2, 0.25) is 0 Å². The summed E-state index contributed by atoms with van der Waals surface area (Å²) in [5.74, 6) is -1.62. The third kappa shape index (κ3) is 3.71. The Bertz CT molecular complexity index is 1210. The molecular formula is C23H18N2O6. The molecule has 2 heterocycles. The van der Waals surface area contributed by atoms with E-state index in [1.807, 2.05) is 19.1 Å². The molecule has 1 N–H and O–H groups in total. The number of non-ortho nitro benzene ring substituents is 1. The van der Waals surface area contributed by atoms with E-state index in [1.165, 1.54) is 35.4 Å². The van der Waals surface area contributed by atoms with Crippen molar-refractivity contribution in [3.63, 3.8) is 0 Å². The number of aryl methyl sites for hydroxylation is 1. The van der Waals surface area contributed by atoms with Gasteiger partial charge in [-0.05, 0) is 24.6 Å². The minimum Gasteiger partial charge on any atom is -0.507 e. The summed E-state index contributed by atoms with van der Waals surface area (Å²) in [6, 6.07) is 15.1. The van der Waals surface area contributed by atoms with Gasteiger partial charge < -0.3 is 14.4 Å². The summed E-state index contributed by atoms with van der Waals surface area (Å²) in [6.07, 6.45) is 1.47. The van der Waals surface area contributed by atoms with Crippen molar-refractivity contribution in [2.24, 2.45) is 0 Å². The van der Waals surface area contributed by atoms with Crippen molar-refractivity contribution >= 4 is 23.1 Å². The van der Waals surface area contributed by atoms with Crippen LogP contribution in [0.3, 0.4) is 0 Å². The molecule has 1 aromatic heterocycles. The third-order valence-electron chi connectivity index (χ3n) is 5.13. The summed E-state index contributed by atoms with van der Waals surface area (Å²) < 4.78 is 5.35. The minimum absolute atomic E-state index is 0.0297. The quantitative estimate of drug-likeness (QED) is 0.219. The van der Waals surface area contributed by atoms with Gasteiger partial charge in [-0.15, -0.1) is 0 Å². The number of hydrogen-bond acceptors (Lipinski definition) is 6. The normalized spacial score (nSPS) is 17.8. The van der Waals surface area contributed by atoms with Gasteiger partial charge in [0, 0.05) is 17.7 Å². The summed E-state index contributed by atoms with van der Waals surface area (Å²) in [5.41, 5.74) is 1.28. The zero-order chi connectivity index (χ0) is 22.1. The first-order chi connectivity index (χ1) is 14.9. The van der Waals surface area contributed by atoms with Crippen LogP contribution >= 0.6 is 0 Å². The fourth-order valence-corrected chi connectivity index (χ4v) is 3.72. The Morgan fingerprint density at radius 3 is 2.58 bits per heavy atom. The van der Waals surface area contributed by atoms with Crippen LogP contribution in [0, 0.1) is 17.0 Å². The summed E-state index contributed by atoms with van der Waals surface area (Å²) in [7, 11) is 0. The SMILES string of the molecule is Cc1cccc(C2/C(=C(/O)c3cccc([N+](=O)[O-])c3)C(=O)C(=O)N2Cc2ccco2)c1. The number of aliphatic hydroxyl groups is 1. The molecule has 1 aliphatic rings. The van der Waals surface area contributed by atoms with E-state index in [0.717, 1.165) is 5.56 Å². The standard InChI is InChI=1S/C23H18N2O6/c1-14-5-2-6-15(11-14)20-19(21(26)16-7-3-8-17(12-16)25(29)30)22(27)23(28)24(20)13-18-9-4-10-31-18/h2-12,20,26H,13H2,1H3/b21-19-. The maximum absolute atomic E-state index is 13.0. The van der Waals surface area contributed by atoms with E-state index in [4.69, 9.17) is 4.42 Å². The predicted molar refractivity (Wildman–Crippen MR) is 111 cm³/mol. The van der Waals surface area contributed by atoms with E-state index < -0.39 is 28.4 Å². The molecule has 156 valence electrons. The van der Waals surface area contributed by atoms with E-state index >= 15 is 0 Å². The smallest absolute Gasteiger partial charge is 0.296 e. The minimum atomic E-state index is -0.871. The van der Waals surface area contributed by atoms with Crippen molar-refractivity contribution < 1.29 is 24.0 Å². The Labute approximate surface area is 177 Å². The molecule has 1 amide bonds. The van der Waals surface area contributed by atoms with Crippen molar-refractivity contribution in [2.75, 3.05) is 0 Å². The van der Waals surface area contributed by atoms with Crippen LogP contribution in [0.4, 0.5) is 5.69 Å². The molecule has 0 radical (unpaired) electrons. The highest BCUT2D eigenvalue weighted by molar-refractivity contribution is 6.46. The van der Waals surface area contributed by atoms with E-state index in [0.29, 0.717) is 11.3 Å². The van der Waals surface area contributed by atoms with Crippen LogP contribution in [0.5, 0.6) is 0 Å². The molecule has 0 aliphatic carbocycles. The van der Waals surface area contributed by atoms with Crippen molar-refractivity contribution in [2.45, 2.75) is 19.5 Å². The fourth-order valence-electron chi connectivity index (χ4n) is 3.72. The average molecular weight is 418 g/mol. The Kier molecular flexibility index (Phi) is 5.12. The summed E-state index contributed by atoms with van der Waals surface area (Å²) in [4.78, 5) is 37.7. The molecular weight excluding hydrogens is 400 g/mol. The van der Waals surface area contributed by atoms with Gasteiger partial charge in [-0.1, -0.05) is 42.0 Å². The van der Waals surface area contributed by atoms with E-state index in [9.17, 15) is 24.8 Å². The highest BCUT2D eigenvalue weighted by atomic mass is 16.6. The number of nitro groups is 1. The number of aliphatic hydroxyl groups excluding tert-OH is 1. The number of rotatable bonds is 5. The molecule has 0 spiro atoms. The molecule has 0 bridgehead atoms. The molecule has 1 saturated heterocycles. The maximum Gasteiger partial charge on any atom is 0.296 e. The monoisotopic (exact) mass is 418 g/mol. The van der Waals surface area contributed by atoms with Gasteiger partial charge in [0.05, 0.1) is 29.3 Å². The maximum atomic E-state index is 13.0. The largest absolute Gasteiger partial charge is 0.507 e. The zero-order valence-corrected chi connectivity index (χ0v) is 16.5. The second-order valence-corrected chi connectivity index (χ2v) is 7.23. The summed E-state index contributed by atoms with van der Waals surface area (Å²) >= 11 is 0. The van der Waals surface area contributed by atoms with Crippen molar-refractivity contribution in [3.8, 4) is 0 Å². The Hall–Kier alpha value is -4.20. The van der Waals surface area contributed by atoms with E-state index in [-0.39, 0.29) is 23.4 Å². The van der Waals surface area contributed by atoms with Crippen LogP contribution in [0.2, 0.25) is 0 Å². The number of amides is 1. The molecule has 0 saturated carbocycles. The fraction of sp³-hybridized carbons (Fsp3) is 0.130. The first kappa shape index (κ1) is 20.1. The Morgan fingerprint density at radius 1 is 1.13 bits per heavy atom.